The molecule has 2 aliphatic heterocycles. The van der Waals surface area contributed by atoms with E-state index >= 15 is 0 Å². The fraction of sp³-hybridized carbons (Fsp3) is 0.774. The first kappa shape index (κ1) is 25.8. The van der Waals surface area contributed by atoms with Crippen LogP contribution in [0.1, 0.15) is 100 Å². The summed E-state index contributed by atoms with van der Waals surface area (Å²) in [7, 11) is 0. The van der Waals surface area contributed by atoms with Crippen LogP contribution in [0.4, 0.5) is 5.95 Å². The predicted octanol–water partition coefficient (Wildman–Crippen LogP) is 4.76. The number of nitrogens with zero attached hydrogens (tertiary/aromatic N) is 5. The van der Waals surface area contributed by atoms with E-state index < -0.39 is 0 Å². The van der Waals surface area contributed by atoms with Crippen LogP contribution in [0.3, 0.4) is 0 Å². The summed E-state index contributed by atoms with van der Waals surface area (Å²) in [6, 6.07) is 3.14. The number of nitrogens with one attached hydrogen (secondary N) is 2. The van der Waals surface area contributed by atoms with E-state index in [4.69, 9.17) is 4.98 Å². The van der Waals surface area contributed by atoms with Crippen LogP contribution < -0.4 is 10.6 Å². The minimum Gasteiger partial charge on any atom is -0.351 e. The van der Waals surface area contributed by atoms with E-state index in [1.54, 1.807) is 0 Å². The highest BCUT2D eigenvalue weighted by Gasteiger charge is 2.41. The Balaban J connectivity index is 0.961. The van der Waals surface area contributed by atoms with Crippen LogP contribution in [0.15, 0.2) is 12.3 Å². The standard InChI is InChI=1S/C31H47N7O/c39-29-27-19-24-20-32-30(35-28(24)38(27)31(22-33-29)13-5-2-6-14-31)34-25-9-11-26(12-10-25)37-17-15-36(16-18-37)21-23-7-3-1-4-8-23/h19-20,23,25-26H,1-18,21-22H2,(H,33,39)(H,32,34,35)/t25-,26-. The van der Waals surface area contributed by atoms with Gasteiger partial charge in [-0.1, -0.05) is 38.5 Å². The third-order valence-corrected chi connectivity index (χ3v) is 10.8. The van der Waals surface area contributed by atoms with Crippen molar-refractivity contribution in [3.8, 4) is 0 Å². The molecule has 1 spiro atoms. The zero-order chi connectivity index (χ0) is 26.2. The van der Waals surface area contributed by atoms with Crippen molar-refractivity contribution in [2.24, 2.45) is 5.92 Å². The highest BCUT2D eigenvalue weighted by Crippen LogP contribution is 2.40. The molecule has 3 aliphatic carbocycles. The molecule has 0 unspecified atom stereocenters. The van der Waals surface area contributed by atoms with E-state index in [-0.39, 0.29) is 11.4 Å². The van der Waals surface area contributed by atoms with Gasteiger partial charge in [-0.15, -0.1) is 0 Å². The molecule has 1 amide bonds. The van der Waals surface area contributed by atoms with E-state index in [0.717, 1.165) is 47.5 Å². The maximum absolute atomic E-state index is 12.7. The van der Waals surface area contributed by atoms with Gasteiger partial charge in [0.15, 0.2) is 0 Å². The first-order chi connectivity index (χ1) is 19.2. The number of carbonyl (C=O) groups excluding carboxylic acids is 1. The maximum Gasteiger partial charge on any atom is 0.268 e. The van der Waals surface area contributed by atoms with Crippen LogP contribution in [0.2, 0.25) is 0 Å². The first-order valence-electron chi connectivity index (χ1n) is 16.1. The SMILES string of the molecule is O=C1NCC2(CCCCC2)n2c1cc1cnc(N[C@H]3CC[C@H](N4CCN(CC5CCCCC5)CC4)CC3)nc12. The third-order valence-electron chi connectivity index (χ3n) is 10.8. The summed E-state index contributed by atoms with van der Waals surface area (Å²) in [5.74, 6) is 1.70. The number of anilines is 1. The summed E-state index contributed by atoms with van der Waals surface area (Å²) in [6.45, 7) is 7.04. The van der Waals surface area contributed by atoms with Gasteiger partial charge in [-0.3, -0.25) is 9.69 Å². The van der Waals surface area contributed by atoms with Gasteiger partial charge >= 0.3 is 0 Å². The zero-order valence-corrected chi connectivity index (χ0v) is 23.7. The molecule has 0 bridgehead atoms. The van der Waals surface area contributed by atoms with Crippen LogP contribution in [-0.4, -0.2) is 81.6 Å². The largest absolute Gasteiger partial charge is 0.351 e. The summed E-state index contributed by atoms with van der Waals surface area (Å²) in [6.07, 6.45) is 20.0. The number of aromatic nitrogens is 3. The van der Waals surface area contributed by atoms with Crippen LogP contribution in [0, 0.1) is 5.92 Å². The van der Waals surface area contributed by atoms with E-state index in [0.29, 0.717) is 12.6 Å². The van der Waals surface area contributed by atoms with Gasteiger partial charge in [-0.05, 0) is 63.4 Å². The van der Waals surface area contributed by atoms with E-state index in [2.05, 4.69) is 30.0 Å². The van der Waals surface area contributed by atoms with Crippen molar-refractivity contribution < 1.29 is 4.79 Å². The smallest absolute Gasteiger partial charge is 0.268 e. The minimum absolute atomic E-state index is 0.0202. The fourth-order valence-corrected chi connectivity index (χ4v) is 8.54. The van der Waals surface area contributed by atoms with Crippen molar-refractivity contribution in [2.75, 3.05) is 44.6 Å². The van der Waals surface area contributed by atoms with Gasteiger partial charge < -0.3 is 20.1 Å². The Morgan fingerprint density at radius 3 is 2.44 bits per heavy atom. The average molecular weight is 534 g/mol. The Labute approximate surface area is 233 Å². The fourth-order valence-electron chi connectivity index (χ4n) is 8.54. The lowest BCUT2D eigenvalue weighted by Gasteiger charge is -2.43. The molecule has 0 atom stereocenters. The minimum atomic E-state index is -0.0344. The molecule has 4 heterocycles. The second-order valence-electron chi connectivity index (χ2n) is 13.3. The average Bonchev–Trinajstić information content (AvgIpc) is 3.38. The van der Waals surface area contributed by atoms with Crippen LogP contribution in [0.5, 0.6) is 0 Å². The lowest BCUT2D eigenvalue weighted by Crippen LogP contribution is -2.52. The molecular weight excluding hydrogens is 486 g/mol. The predicted molar refractivity (Wildman–Crippen MR) is 155 cm³/mol. The second-order valence-corrected chi connectivity index (χ2v) is 13.3. The second kappa shape index (κ2) is 11.0. The van der Waals surface area contributed by atoms with Crippen LogP contribution >= 0.6 is 0 Å². The molecule has 4 fully saturated rings. The van der Waals surface area contributed by atoms with Gasteiger partial charge in [0, 0.05) is 62.9 Å². The number of fused-ring (bicyclic) bond motifs is 4. The molecule has 3 saturated carbocycles. The number of carbonyl (C=O) groups is 1. The van der Waals surface area contributed by atoms with Gasteiger partial charge in [0.25, 0.3) is 5.91 Å². The molecular formula is C31H47N7O. The molecule has 212 valence electrons. The van der Waals surface area contributed by atoms with Gasteiger partial charge in [-0.2, -0.15) is 4.98 Å². The summed E-state index contributed by atoms with van der Waals surface area (Å²) < 4.78 is 2.28. The third kappa shape index (κ3) is 5.19. The lowest BCUT2D eigenvalue weighted by atomic mass is 9.80. The molecule has 8 nitrogen and oxygen atoms in total. The zero-order valence-electron chi connectivity index (χ0n) is 23.7. The van der Waals surface area contributed by atoms with Crippen molar-refractivity contribution >= 4 is 22.9 Å². The molecule has 5 aliphatic rings. The van der Waals surface area contributed by atoms with Crippen LogP contribution in [-0.2, 0) is 5.54 Å². The molecule has 7 rings (SSSR count). The van der Waals surface area contributed by atoms with Crippen molar-refractivity contribution in [1.82, 2.24) is 29.7 Å². The Morgan fingerprint density at radius 2 is 1.67 bits per heavy atom. The maximum atomic E-state index is 12.7. The van der Waals surface area contributed by atoms with Crippen LogP contribution in [0.25, 0.3) is 11.0 Å². The monoisotopic (exact) mass is 533 g/mol. The number of piperazine rings is 1. The Morgan fingerprint density at radius 1 is 0.923 bits per heavy atom. The number of amides is 1. The summed E-state index contributed by atoms with van der Waals surface area (Å²) in [5.41, 5.74) is 1.65. The molecule has 2 aromatic heterocycles. The van der Waals surface area contributed by atoms with Crippen molar-refractivity contribution in [3.05, 3.63) is 18.0 Å². The highest BCUT2D eigenvalue weighted by molar-refractivity contribution is 5.99. The summed E-state index contributed by atoms with van der Waals surface area (Å²) in [5, 5.41) is 7.82. The first-order valence-corrected chi connectivity index (χ1v) is 16.1. The lowest BCUT2D eigenvalue weighted by molar-refractivity contribution is 0.0658. The normalized spacial score (nSPS) is 28.9. The molecule has 39 heavy (non-hydrogen) atoms. The summed E-state index contributed by atoms with van der Waals surface area (Å²) >= 11 is 0. The van der Waals surface area contributed by atoms with Crippen molar-refractivity contribution in [2.45, 2.75) is 108 Å². The van der Waals surface area contributed by atoms with Crippen molar-refractivity contribution in [1.29, 1.82) is 0 Å². The van der Waals surface area contributed by atoms with E-state index in [9.17, 15) is 4.79 Å². The van der Waals surface area contributed by atoms with Gasteiger partial charge in [0.05, 0.1) is 5.54 Å². The van der Waals surface area contributed by atoms with Gasteiger partial charge in [0.1, 0.15) is 11.3 Å². The number of hydrogen-bond donors (Lipinski definition) is 2. The molecule has 2 N–H and O–H groups in total. The Bertz CT molecular complexity index is 1150. The molecule has 8 heteroatoms. The van der Waals surface area contributed by atoms with Gasteiger partial charge in [0.2, 0.25) is 5.95 Å². The number of hydrogen-bond acceptors (Lipinski definition) is 6. The molecule has 0 radical (unpaired) electrons. The Kier molecular flexibility index (Phi) is 7.26. The molecule has 1 saturated heterocycles. The Hall–Kier alpha value is -2.19. The highest BCUT2D eigenvalue weighted by atomic mass is 16.2. The number of rotatable bonds is 5. The molecule has 2 aromatic rings. The summed E-state index contributed by atoms with van der Waals surface area (Å²) in [4.78, 5) is 28.0. The molecule has 0 aromatic carbocycles. The van der Waals surface area contributed by atoms with Crippen molar-refractivity contribution in [3.63, 3.8) is 0 Å². The topological polar surface area (TPSA) is 78.3 Å². The quantitative estimate of drug-likeness (QED) is 0.577. The van der Waals surface area contributed by atoms with Gasteiger partial charge in [-0.25, -0.2) is 4.98 Å². The van der Waals surface area contributed by atoms with E-state index in [1.165, 1.54) is 110 Å². The van der Waals surface area contributed by atoms with E-state index in [1.807, 2.05) is 12.3 Å².